The molecular formula is C21H24F3N3O2S. The minimum atomic E-state index is -4.76. The number of sulfonamides is 1. The highest BCUT2D eigenvalue weighted by Gasteiger charge is 2.43. The van der Waals surface area contributed by atoms with Gasteiger partial charge in [0.15, 0.2) is 0 Å². The largest absolute Gasteiger partial charge is 0.405 e. The number of H-pyrrole nitrogens is 1. The molecule has 1 atom stereocenters. The monoisotopic (exact) mass is 439 g/mol. The van der Waals surface area contributed by atoms with E-state index in [0.29, 0.717) is 27.6 Å². The maximum absolute atomic E-state index is 13.8. The molecule has 9 heteroatoms. The number of hydrogen-bond acceptors (Lipinski definition) is 3. The van der Waals surface area contributed by atoms with Crippen LogP contribution in [-0.2, 0) is 16.4 Å². The highest BCUT2D eigenvalue weighted by atomic mass is 32.2. The number of aromatic amines is 1. The van der Waals surface area contributed by atoms with Gasteiger partial charge in [-0.2, -0.15) is 17.9 Å². The molecule has 0 radical (unpaired) electrons. The molecule has 0 saturated carbocycles. The average molecular weight is 440 g/mol. The van der Waals surface area contributed by atoms with Crippen LogP contribution in [0.3, 0.4) is 0 Å². The quantitative estimate of drug-likeness (QED) is 0.526. The van der Waals surface area contributed by atoms with Crippen LogP contribution in [0.15, 0.2) is 41.4 Å². The van der Waals surface area contributed by atoms with Crippen molar-refractivity contribution in [2.75, 3.05) is 12.4 Å². The van der Waals surface area contributed by atoms with E-state index in [-0.39, 0.29) is 4.90 Å². The molecule has 2 aromatic carbocycles. The van der Waals surface area contributed by atoms with Crippen molar-refractivity contribution in [3.8, 4) is 0 Å². The van der Waals surface area contributed by atoms with Gasteiger partial charge in [-0.15, -0.1) is 0 Å². The molecule has 3 N–H and O–H groups in total. The van der Waals surface area contributed by atoms with Crippen LogP contribution in [0.5, 0.6) is 0 Å². The van der Waals surface area contributed by atoms with E-state index in [2.05, 4.69) is 10.3 Å². The lowest BCUT2D eigenvalue weighted by Gasteiger charge is -2.23. The first-order valence-electron chi connectivity index (χ1n) is 9.37. The zero-order chi connectivity index (χ0) is 22.3. The predicted molar refractivity (Wildman–Crippen MR) is 112 cm³/mol. The van der Waals surface area contributed by atoms with Crippen LogP contribution < -0.4 is 10.0 Å². The molecule has 0 spiro atoms. The Labute approximate surface area is 173 Å². The minimum absolute atomic E-state index is 0.112. The summed E-state index contributed by atoms with van der Waals surface area (Å²) < 4.78 is 69.2. The Morgan fingerprint density at radius 2 is 1.70 bits per heavy atom. The summed E-state index contributed by atoms with van der Waals surface area (Å²) >= 11 is 0. The molecule has 0 bridgehead atoms. The zero-order valence-corrected chi connectivity index (χ0v) is 17.9. The first-order chi connectivity index (χ1) is 13.9. The Kier molecular flexibility index (Phi) is 5.88. The van der Waals surface area contributed by atoms with E-state index in [1.54, 1.807) is 58.2 Å². The van der Waals surface area contributed by atoms with Gasteiger partial charge in [-0.3, -0.25) is 0 Å². The lowest BCUT2D eigenvalue weighted by atomic mass is 10.0. The highest BCUT2D eigenvalue weighted by molar-refractivity contribution is 7.89. The van der Waals surface area contributed by atoms with Crippen LogP contribution in [0.4, 0.5) is 18.9 Å². The molecule has 30 heavy (non-hydrogen) atoms. The summed E-state index contributed by atoms with van der Waals surface area (Å²) in [7, 11) is -2.67. The number of benzene rings is 2. The Balaban J connectivity index is 1.99. The summed E-state index contributed by atoms with van der Waals surface area (Å²) in [5.74, 6) is 0. The lowest BCUT2D eigenvalue weighted by molar-refractivity contribution is -0.150. The normalized spacial score (nSPS) is 13.6. The fourth-order valence-electron chi connectivity index (χ4n) is 3.78. The number of aryl methyl sites for hydroxylation is 3. The molecular weight excluding hydrogens is 415 g/mol. The Morgan fingerprint density at radius 1 is 1.07 bits per heavy atom. The van der Waals surface area contributed by atoms with E-state index >= 15 is 0 Å². The van der Waals surface area contributed by atoms with Crippen molar-refractivity contribution in [2.24, 2.45) is 0 Å². The third-order valence-electron chi connectivity index (χ3n) is 5.05. The van der Waals surface area contributed by atoms with Gasteiger partial charge in [0, 0.05) is 29.8 Å². The second kappa shape index (κ2) is 7.96. The van der Waals surface area contributed by atoms with Crippen molar-refractivity contribution in [1.82, 2.24) is 9.71 Å². The highest BCUT2D eigenvalue weighted by Crippen LogP contribution is 2.30. The number of halogens is 3. The summed E-state index contributed by atoms with van der Waals surface area (Å²) in [6.07, 6.45) is -3.80. The number of anilines is 1. The van der Waals surface area contributed by atoms with Gasteiger partial charge in [0.1, 0.15) is 6.04 Å². The standard InChI is InChI=1S/C21H24F3N3O2S/c1-12-7-13(2)20(14(3)8-12)30(28,29)27-19(21(22,23)24)9-15-11-26-18-6-5-16(25-4)10-17(15)18/h5-8,10-11,19,25-27H,9H2,1-4H3. The van der Waals surface area contributed by atoms with Crippen LogP contribution in [0.1, 0.15) is 22.3 Å². The SMILES string of the molecule is CNc1ccc2[nH]cc(CC(NS(=O)(=O)c3c(C)cc(C)cc3C)C(F)(F)F)c2c1. The maximum Gasteiger partial charge on any atom is 0.405 e. The number of nitrogens with one attached hydrogen (secondary N) is 3. The second-order valence-electron chi connectivity index (χ2n) is 7.47. The smallest absolute Gasteiger partial charge is 0.388 e. The third kappa shape index (κ3) is 4.46. The van der Waals surface area contributed by atoms with Gasteiger partial charge in [-0.1, -0.05) is 17.7 Å². The summed E-state index contributed by atoms with van der Waals surface area (Å²) in [5, 5.41) is 3.56. The van der Waals surface area contributed by atoms with E-state index in [1.807, 2.05) is 4.72 Å². The number of hydrogen-bond donors (Lipinski definition) is 3. The molecule has 1 heterocycles. The van der Waals surface area contributed by atoms with Crippen molar-refractivity contribution in [3.63, 3.8) is 0 Å². The molecule has 0 saturated heterocycles. The number of aromatic nitrogens is 1. The maximum atomic E-state index is 13.8. The molecule has 0 amide bonds. The molecule has 3 aromatic rings. The van der Waals surface area contributed by atoms with E-state index in [1.165, 1.54) is 6.20 Å². The first-order valence-corrected chi connectivity index (χ1v) is 10.9. The fraction of sp³-hybridized carbons (Fsp3) is 0.333. The molecule has 5 nitrogen and oxygen atoms in total. The summed E-state index contributed by atoms with van der Waals surface area (Å²) in [6, 6.07) is 6.31. The van der Waals surface area contributed by atoms with Gasteiger partial charge >= 0.3 is 6.18 Å². The number of rotatable bonds is 6. The van der Waals surface area contributed by atoms with Crippen molar-refractivity contribution in [3.05, 3.63) is 58.8 Å². The van der Waals surface area contributed by atoms with E-state index in [0.717, 1.165) is 11.3 Å². The molecule has 3 rings (SSSR count). The first kappa shape index (κ1) is 22.2. The van der Waals surface area contributed by atoms with E-state index < -0.39 is 28.7 Å². The third-order valence-corrected chi connectivity index (χ3v) is 6.82. The molecule has 0 aliphatic heterocycles. The molecule has 1 aromatic heterocycles. The second-order valence-corrected chi connectivity index (χ2v) is 9.12. The molecule has 0 aliphatic carbocycles. The Morgan fingerprint density at radius 3 is 2.27 bits per heavy atom. The molecule has 1 unspecified atom stereocenters. The van der Waals surface area contributed by atoms with Gasteiger partial charge < -0.3 is 10.3 Å². The Bertz CT molecular complexity index is 1160. The number of fused-ring (bicyclic) bond motifs is 1. The molecule has 0 aliphatic rings. The van der Waals surface area contributed by atoms with Crippen molar-refractivity contribution in [2.45, 2.75) is 44.3 Å². The predicted octanol–water partition coefficient (Wildman–Crippen LogP) is 4.59. The minimum Gasteiger partial charge on any atom is -0.388 e. The Hall–Kier alpha value is -2.52. The average Bonchev–Trinajstić information content (AvgIpc) is 3.01. The summed E-state index contributed by atoms with van der Waals surface area (Å²) in [5.41, 5.74) is 3.47. The summed E-state index contributed by atoms with van der Waals surface area (Å²) in [6.45, 7) is 4.96. The van der Waals surface area contributed by atoms with Crippen LogP contribution >= 0.6 is 0 Å². The van der Waals surface area contributed by atoms with Gasteiger partial charge in [-0.25, -0.2) is 8.42 Å². The lowest BCUT2D eigenvalue weighted by Crippen LogP contribution is -2.47. The van der Waals surface area contributed by atoms with Gasteiger partial charge in [-0.05, 0) is 62.1 Å². The van der Waals surface area contributed by atoms with Gasteiger partial charge in [0.05, 0.1) is 4.90 Å². The summed E-state index contributed by atoms with van der Waals surface area (Å²) in [4.78, 5) is 2.83. The van der Waals surface area contributed by atoms with Crippen LogP contribution in [0, 0.1) is 20.8 Å². The zero-order valence-electron chi connectivity index (χ0n) is 17.1. The van der Waals surface area contributed by atoms with E-state index in [9.17, 15) is 21.6 Å². The number of alkyl halides is 3. The van der Waals surface area contributed by atoms with Gasteiger partial charge in [0.2, 0.25) is 10.0 Å². The topological polar surface area (TPSA) is 74.0 Å². The molecule has 0 fully saturated rings. The molecule has 162 valence electrons. The van der Waals surface area contributed by atoms with Crippen molar-refractivity contribution < 1.29 is 21.6 Å². The van der Waals surface area contributed by atoms with Gasteiger partial charge in [0.25, 0.3) is 0 Å². The van der Waals surface area contributed by atoms with Crippen LogP contribution in [0.2, 0.25) is 0 Å². The van der Waals surface area contributed by atoms with Crippen LogP contribution in [-0.4, -0.2) is 32.7 Å². The van der Waals surface area contributed by atoms with Crippen LogP contribution in [0.25, 0.3) is 10.9 Å². The van der Waals surface area contributed by atoms with E-state index in [4.69, 9.17) is 0 Å². The van der Waals surface area contributed by atoms with Crippen molar-refractivity contribution in [1.29, 1.82) is 0 Å². The fourth-order valence-corrected chi connectivity index (χ4v) is 5.46. The van der Waals surface area contributed by atoms with Crippen molar-refractivity contribution >= 4 is 26.6 Å².